The van der Waals surface area contributed by atoms with Crippen LogP contribution in [0.5, 0.6) is 0 Å². The standard InChI is InChI=1S/C18H28N4O2/c1-13-6-5-9-16(21-13)19-10-11-20-17(23)12-14(2)22-18(24)15-7-3-4-8-15/h5-6,9,14-15H,3-4,7-8,10-12H2,1-2H3,(H,19,21)(H,20,23)(H,22,24). The molecule has 2 amide bonds. The van der Waals surface area contributed by atoms with Crippen LogP contribution in [0, 0.1) is 12.8 Å². The van der Waals surface area contributed by atoms with Crippen molar-refractivity contribution in [3.05, 3.63) is 23.9 Å². The number of hydrogen-bond acceptors (Lipinski definition) is 4. The fourth-order valence-electron chi connectivity index (χ4n) is 2.98. The molecule has 1 aromatic rings. The van der Waals surface area contributed by atoms with Gasteiger partial charge in [0, 0.05) is 37.2 Å². The van der Waals surface area contributed by atoms with Gasteiger partial charge in [0.1, 0.15) is 5.82 Å². The van der Waals surface area contributed by atoms with Crippen molar-refractivity contribution < 1.29 is 9.59 Å². The van der Waals surface area contributed by atoms with Gasteiger partial charge >= 0.3 is 0 Å². The summed E-state index contributed by atoms with van der Waals surface area (Å²) in [5, 5.41) is 8.98. The lowest BCUT2D eigenvalue weighted by atomic mass is 10.1. The minimum atomic E-state index is -0.135. The maximum Gasteiger partial charge on any atom is 0.223 e. The summed E-state index contributed by atoms with van der Waals surface area (Å²) in [5.41, 5.74) is 0.955. The molecule has 0 aliphatic heterocycles. The molecule has 1 aliphatic carbocycles. The molecular weight excluding hydrogens is 304 g/mol. The van der Waals surface area contributed by atoms with E-state index >= 15 is 0 Å². The SMILES string of the molecule is Cc1cccc(NCCNC(=O)CC(C)NC(=O)C2CCCC2)n1. The van der Waals surface area contributed by atoms with Gasteiger partial charge in [-0.15, -0.1) is 0 Å². The van der Waals surface area contributed by atoms with Gasteiger partial charge in [-0.25, -0.2) is 4.98 Å². The molecule has 0 saturated heterocycles. The Morgan fingerprint density at radius 1 is 1.25 bits per heavy atom. The van der Waals surface area contributed by atoms with E-state index in [1.54, 1.807) is 0 Å². The van der Waals surface area contributed by atoms with Crippen molar-refractivity contribution in [2.24, 2.45) is 5.92 Å². The number of nitrogens with zero attached hydrogens (tertiary/aromatic N) is 1. The Balaban J connectivity index is 1.59. The first-order chi connectivity index (χ1) is 11.5. The van der Waals surface area contributed by atoms with Crippen LogP contribution in [0.1, 0.15) is 44.7 Å². The lowest BCUT2D eigenvalue weighted by Gasteiger charge is -2.17. The number of amides is 2. The molecule has 3 N–H and O–H groups in total. The van der Waals surface area contributed by atoms with Gasteiger partial charge in [-0.1, -0.05) is 18.9 Å². The normalized spacial score (nSPS) is 15.8. The van der Waals surface area contributed by atoms with E-state index in [4.69, 9.17) is 0 Å². The van der Waals surface area contributed by atoms with Gasteiger partial charge in [-0.2, -0.15) is 0 Å². The number of aromatic nitrogens is 1. The van der Waals surface area contributed by atoms with E-state index in [-0.39, 0.29) is 23.8 Å². The molecule has 0 bridgehead atoms. The van der Waals surface area contributed by atoms with Gasteiger partial charge < -0.3 is 16.0 Å². The predicted octanol–water partition coefficient (Wildman–Crippen LogP) is 2.00. The topological polar surface area (TPSA) is 83.1 Å². The average Bonchev–Trinajstić information content (AvgIpc) is 3.06. The van der Waals surface area contributed by atoms with E-state index in [1.807, 2.05) is 32.0 Å². The zero-order valence-corrected chi connectivity index (χ0v) is 14.6. The molecule has 1 fully saturated rings. The second kappa shape index (κ2) is 9.25. The molecule has 6 heteroatoms. The zero-order chi connectivity index (χ0) is 17.4. The van der Waals surface area contributed by atoms with Crippen molar-refractivity contribution in [3.8, 4) is 0 Å². The minimum Gasteiger partial charge on any atom is -0.368 e. The minimum absolute atomic E-state index is 0.0479. The number of rotatable bonds is 8. The third kappa shape index (κ3) is 6.18. The molecule has 0 spiro atoms. The molecule has 2 rings (SSSR count). The van der Waals surface area contributed by atoms with E-state index in [1.165, 1.54) is 0 Å². The van der Waals surface area contributed by atoms with Gasteiger partial charge in [-0.05, 0) is 38.8 Å². The smallest absolute Gasteiger partial charge is 0.223 e. The summed E-state index contributed by atoms with van der Waals surface area (Å²) in [7, 11) is 0. The Morgan fingerprint density at radius 2 is 2.00 bits per heavy atom. The third-order valence-electron chi connectivity index (χ3n) is 4.25. The van der Waals surface area contributed by atoms with Crippen molar-refractivity contribution in [1.29, 1.82) is 0 Å². The van der Waals surface area contributed by atoms with Crippen LogP contribution < -0.4 is 16.0 Å². The monoisotopic (exact) mass is 332 g/mol. The highest BCUT2D eigenvalue weighted by molar-refractivity contribution is 5.81. The van der Waals surface area contributed by atoms with Gasteiger partial charge in [0.05, 0.1) is 0 Å². The van der Waals surface area contributed by atoms with Gasteiger partial charge in [0.25, 0.3) is 0 Å². The Kier molecular flexibility index (Phi) is 7.03. The largest absolute Gasteiger partial charge is 0.368 e. The fraction of sp³-hybridized carbons (Fsp3) is 0.611. The van der Waals surface area contributed by atoms with Crippen molar-refractivity contribution in [3.63, 3.8) is 0 Å². The summed E-state index contributed by atoms with van der Waals surface area (Å²) in [6.45, 7) is 4.96. The van der Waals surface area contributed by atoms with Crippen LogP contribution in [0.15, 0.2) is 18.2 Å². The van der Waals surface area contributed by atoms with E-state index < -0.39 is 0 Å². The lowest BCUT2D eigenvalue weighted by Crippen LogP contribution is -2.40. The molecule has 0 aromatic carbocycles. The van der Waals surface area contributed by atoms with E-state index in [0.717, 1.165) is 37.2 Å². The highest BCUT2D eigenvalue weighted by Crippen LogP contribution is 2.24. The van der Waals surface area contributed by atoms with Crippen molar-refractivity contribution in [2.45, 2.75) is 52.0 Å². The fourth-order valence-corrected chi connectivity index (χ4v) is 2.98. The first kappa shape index (κ1) is 18.2. The van der Waals surface area contributed by atoms with Crippen LogP contribution in [0.2, 0.25) is 0 Å². The quantitative estimate of drug-likeness (QED) is 0.636. The van der Waals surface area contributed by atoms with Crippen molar-refractivity contribution in [1.82, 2.24) is 15.6 Å². The van der Waals surface area contributed by atoms with Crippen molar-refractivity contribution >= 4 is 17.6 Å². The summed E-state index contributed by atoms with van der Waals surface area (Å²) in [6, 6.07) is 5.64. The Hall–Kier alpha value is -2.11. The number of hydrogen-bond donors (Lipinski definition) is 3. The van der Waals surface area contributed by atoms with Crippen LogP contribution in [0.25, 0.3) is 0 Å². The van der Waals surface area contributed by atoms with Gasteiger partial charge in [0.2, 0.25) is 11.8 Å². The van der Waals surface area contributed by atoms with Crippen LogP contribution in [0.4, 0.5) is 5.82 Å². The Bertz CT molecular complexity index is 556. The molecule has 1 aliphatic rings. The number of anilines is 1. The third-order valence-corrected chi connectivity index (χ3v) is 4.25. The van der Waals surface area contributed by atoms with Crippen LogP contribution in [0.3, 0.4) is 0 Å². The highest BCUT2D eigenvalue weighted by Gasteiger charge is 2.24. The van der Waals surface area contributed by atoms with Crippen LogP contribution >= 0.6 is 0 Å². The molecule has 1 unspecified atom stereocenters. The summed E-state index contributed by atoms with van der Waals surface area (Å²) >= 11 is 0. The predicted molar refractivity (Wildman–Crippen MR) is 94.7 cm³/mol. The highest BCUT2D eigenvalue weighted by atomic mass is 16.2. The summed E-state index contributed by atoms with van der Waals surface area (Å²) in [5.74, 6) is 0.996. The molecule has 1 saturated carbocycles. The summed E-state index contributed by atoms with van der Waals surface area (Å²) in [6.07, 6.45) is 4.53. The second-order valence-corrected chi connectivity index (χ2v) is 6.54. The molecule has 1 aromatic heterocycles. The lowest BCUT2D eigenvalue weighted by molar-refractivity contribution is -0.126. The second-order valence-electron chi connectivity index (χ2n) is 6.54. The van der Waals surface area contributed by atoms with Gasteiger partial charge in [-0.3, -0.25) is 9.59 Å². The van der Waals surface area contributed by atoms with Crippen LogP contribution in [-0.2, 0) is 9.59 Å². The molecule has 1 atom stereocenters. The molecule has 132 valence electrons. The molecule has 0 radical (unpaired) electrons. The molecular formula is C18H28N4O2. The van der Waals surface area contributed by atoms with E-state index in [9.17, 15) is 9.59 Å². The van der Waals surface area contributed by atoms with E-state index in [0.29, 0.717) is 19.5 Å². The summed E-state index contributed by atoms with van der Waals surface area (Å²) < 4.78 is 0. The van der Waals surface area contributed by atoms with Crippen LogP contribution in [-0.4, -0.2) is 35.9 Å². The maximum absolute atomic E-state index is 12.0. The first-order valence-electron chi connectivity index (χ1n) is 8.79. The number of carbonyl (C=O) groups excluding carboxylic acids is 2. The number of pyridine rings is 1. The number of carbonyl (C=O) groups is 2. The first-order valence-corrected chi connectivity index (χ1v) is 8.79. The molecule has 24 heavy (non-hydrogen) atoms. The zero-order valence-electron chi connectivity index (χ0n) is 14.6. The Morgan fingerprint density at radius 3 is 2.71 bits per heavy atom. The van der Waals surface area contributed by atoms with Crippen molar-refractivity contribution in [2.75, 3.05) is 18.4 Å². The number of nitrogens with one attached hydrogen (secondary N) is 3. The molecule has 1 heterocycles. The van der Waals surface area contributed by atoms with Gasteiger partial charge in [0.15, 0.2) is 0 Å². The summed E-state index contributed by atoms with van der Waals surface area (Å²) in [4.78, 5) is 28.3. The maximum atomic E-state index is 12.0. The number of aryl methyl sites for hydroxylation is 1. The molecule has 6 nitrogen and oxygen atoms in total. The Labute approximate surface area is 143 Å². The average molecular weight is 332 g/mol. The van der Waals surface area contributed by atoms with E-state index in [2.05, 4.69) is 20.9 Å².